The largest absolute Gasteiger partial charge is 0.293 e. The van der Waals surface area contributed by atoms with Crippen LogP contribution in [0.2, 0.25) is 5.15 Å². The van der Waals surface area contributed by atoms with Crippen LogP contribution in [-0.2, 0) is 0 Å². The van der Waals surface area contributed by atoms with Crippen molar-refractivity contribution in [3.8, 4) is 0 Å². The minimum Gasteiger partial charge on any atom is -0.293 e. The third kappa shape index (κ3) is 1.34. The Morgan fingerprint density at radius 3 is 3.00 bits per heavy atom. The third-order valence-corrected chi connectivity index (χ3v) is 3.33. The van der Waals surface area contributed by atoms with Crippen LogP contribution in [0.1, 0.15) is 16.6 Å². The number of ketones is 1. The maximum absolute atomic E-state index is 11.1. The lowest BCUT2D eigenvalue weighted by Crippen LogP contribution is -2.04. The standard InChI is InChI=1S/C8H5ClN2O2S/c1-4(12)6-7(9)11-3-2-5(13)10-8(11)14-6/h2-3H,1H3. The molecule has 2 aromatic rings. The molecule has 0 unspecified atom stereocenters. The number of aromatic nitrogens is 2. The highest BCUT2D eigenvalue weighted by Crippen LogP contribution is 2.25. The molecule has 2 rings (SSSR count). The van der Waals surface area contributed by atoms with Gasteiger partial charge in [0.25, 0.3) is 5.56 Å². The number of thiazole rings is 1. The molecule has 0 fully saturated rings. The van der Waals surface area contributed by atoms with Crippen LogP contribution in [0.5, 0.6) is 0 Å². The first-order valence-electron chi connectivity index (χ1n) is 3.78. The highest BCUT2D eigenvalue weighted by atomic mass is 35.5. The van der Waals surface area contributed by atoms with Gasteiger partial charge in [0.1, 0.15) is 10.0 Å². The van der Waals surface area contributed by atoms with Crippen molar-refractivity contribution >= 4 is 33.7 Å². The minimum absolute atomic E-state index is 0.127. The van der Waals surface area contributed by atoms with Gasteiger partial charge in [0.05, 0.1) is 0 Å². The first-order chi connectivity index (χ1) is 6.59. The summed E-state index contributed by atoms with van der Waals surface area (Å²) in [5.41, 5.74) is -0.335. The molecule has 0 N–H and O–H groups in total. The Morgan fingerprint density at radius 1 is 1.64 bits per heavy atom. The SMILES string of the molecule is CC(=O)c1sc2nc(=O)ccn2c1Cl. The lowest BCUT2D eigenvalue weighted by molar-refractivity contribution is 0.102. The number of halogens is 1. The molecular formula is C8H5ClN2O2S. The predicted octanol–water partition coefficient (Wildman–Crippen LogP) is 1.61. The van der Waals surface area contributed by atoms with Gasteiger partial charge in [0.15, 0.2) is 10.7 Å². The molecule has 0 saturated heterocycles. The van der Waals surface area contributed by atoms with Gasteiger partial charge in [0, 0.05) is 19.2 Å². The molecule has 6 heteroatoms. The third-order valence-electron chi connectivity index (χ3n) is 1.69. The van der Waals surface area contributed by atoms with Gasteiger partial charge < -0.3 is 0 Å². The van der Waals surface area contributed by atoms with Crippen molar-refractivity contribution < 1.29 is 4.79 Å². The number of carbonyl (C=O) groups is 1. The van der Waals surface area contributed by atoms with Gasteiger partial charge in [-0.15, -0.1) is 0 Å². The average Bonchev–Trinajstić information content (AvgIpc) is 2.43. The first-order valence-corrected chi connectivity index (χ1v) is 4.97. The van der Waals surface area contributed by atoms with Gasteiger partial charge >= 0.3 is 0 Å². The Labute approximate surface area is 87.8 Å². The van der Waals surface area contributed by atoms with Crippen LogP contribution in [0.25, 0.3) is 4.96 Å². The van der Waals surface area contributed by atoms with Gasteiger partial charge in [-0.1, -0.05) is 22.9 Å². The van der Waals surface area contributed by atoms with E-state index in [2.05, 4.69) is 4.98 Å². The van der Waals surface area contributed by atoms with Crippen molar-refractivity contribution in [1.82, 2.24) is 9.38 Å². The van der Waals surface area contributed by atoms with Gasteiger partial charge in [0.2, 0.25) is 0 Å². The van der Waals surface area contributed by atoms with Crippen molar-refractivity contribution in [3.05, 3.63) is 32.6 Å². The molecule has 0 aliphatic rings. The second-order valence-corrected chi connectivity index (χ2v) is 4.03. The van der Waals surface area contributed by atoms with Crippen LogP contribution < -0.4 is 5.56 Å². The summed E-state index contributed by atoms with van der Waals surface area (Å²) in [6.07, 6.45) is 1.51. The van der Waals surface area contributed by atoms with Crippen molar-refractivity contribution in [2.24, 2.45) is 0 Å². The van der Waals surface area contributed by atoms with E-state index in [9.17, 15) is 9.59 Å². The van der Waals surface area contributed by atoms with Gasteiger partial charge in [-0.2, -0.15) is 4.98 Å². The van der Waals surface area contributed by atoms with E-state index in [1.54, 1.807) is 0 Å². The Morgan fingerprint density at radius 2 is 2.36 bits per heavy atom. The van der Waals surface area contributed by atoms with Crippen LogP contribution in [0, 0.1) is 0 Å². The Bertz CT molecular complexity index is 572. The second kappa shape index (κ2) is 3.18. The summed E-state index contributed by atoms with van der Waals surface area (Å²) in [5, 5.41) is 0.310. The molecule has 4 nitrogen and oxygen atoms in total. The summed E-state index contributed by atoms with van der Waals surface area (Å²) in [7, 11) is 0. The van der Waals surface area contributed by atoms with Crippen molar-refractivity contribution in [2.75, 3.05) is 0 Å². The number of hydrogen-bond donors (Lipinski definition) is 0. The quantitative estimate of drug-likeness (QED) is 0.697. The first kappa shape index (κ1) is 9.36. The lowest BCUT2D eigenvalue weighted by atomic mass is 10.4. The Kier molecular flexibility index (Phi) is 2.13. The highest BCUT2D eigenvalue weighted by molar-refractivity contribution is 7.19. The number of fused-ring (bicyclic) bond motifs is 1. The fourth-order valence-corrected chi connectivity index (χ4v) is 2.40. The van der Waals surface area contributed by atoms with Crippen molar-refractivity contribution in [1.29, 1.82) is 0 Å². The van der Waals surface area contributed by atoms with E-state index >= 15 is 0 Å². The minimum atomic E-state index is -0.335. The van der Waals surface area contributed by atoms with E-state index in [0.717, 1.165) is 11.3 Å². The Hall–Kier alpha value is -1.20. The highest BCUT2D eigenvalue weighted by Gasteiger charge is 2.13. The fourth-order valence-electron chi connectivity index (χ4n) is 1.07. The zero-order valence-corrected chi connectivity index (χ0v) is 8.72. The molecule has 0 spiro atoms. The van der Waals surface area contributed by atoms with Crippen LogP contribution in [-0.4, -0.2) is 15.2 Å². The van der Waals surface area contributed by atoms with Gasteiger partial charge in [-0.3, -0.25) is 14.0 Å². The average molecular weight is 229 g/mol. The Balaban J connectivity index is 2.86. The van der Waals surface area contributed by atoms with E-state index < -0.39 is 0 Å². The molecule has 0 aromatic carbocycles. The summed E-state index contributed by atoms with van der Waals surface area (Å²) in [4.78, 5) is 26.6. The maximum atomic E-state index is 11.1. The number of carbonyl (C=O) groups excluding carboxylic acids is 1. The van der Waals surface area contributed by atoms with Crippen molar-refractivity contribution in [3.63, 3.8) is 0 Å². The van der Waals surface area contributed by atoms with Gasteiger partial charge in [-0.05, 0) is 0 Å². The molecule has 0 radical (unpaired) electrons. The lowest BCUT2D eigenvalue weighted by Gasteiger charge is -1.91. The van der Waals surface area contributed by atoms with E-state index in [4.69, 9.17) is 11.6 Å². The summed E-state index contributed by atoms with van der Waals surface area (Å²) in [6, 6.07) is 1.30. The maximum Gasteiger partial charge on any atom is 0.273 e. The normalized spacial score (nSPS) is 10.7. The van der Waals surface area contributed by atoms with Crippen LogP contribution in [0.4, 0.5) is 0 Å². The molecule has 0 aliphatic carbocycles. The van der Waals surface area contributed by atoms with Gasteiger partial charge in [-0.25, -0.2) is 0 Å². The monoisotopic (exact) mass is 228 g/mol. The van der Waals surface area contributed by atoms with E-state index in [1.165, 1.54) is 23.6 Å². The smallest absolute Gasteiger partial charge is 0.273 e. The van der Waals surface area contributed by atoms with Crippen molar-refractivity contribution in [2.45, 2.75) is 6.92 Å². The summed E-state index contributed by atoms with van der Waals surface area (Å²) < 4.78 is 1.52. The number of hydrogen-bond acceptors (Lipinski definition) is 4. The van der Waals surface area contributed by atoms with Crippen LogP contribution in [0.15, 0.2) is 17.1 Å². The molecule has 2 aromatic heterocycles. The predicted molar refractivity (Wildman–Crippen MR) is 54.4 cm³/mol. The summed E-state index contributed by atoms with van der Waals surface area (Å²) in [5.74, 6) is -0.127. The molecule has 0 atom stereocenters. The molecule has 0 amide bonds. The number of Topliss-reactive ketones (excluding diaryl/α,β-unsaturated/α-hetero) is 1. The number of rotatable bonds is 1. The van der Waals surface area contributed by atoms with Crippen LogP contribution >= 0.6 is 22.9 Å². The second-order valence-electron chi connectivity index (χ2n) is 2.70. The van der Waals surface area contributed by atoms with E-state index in [0.29, 0.717) is 15.0 Å². The molecule has 14 heavy (non-hydrogen) atoms. The van der Waals surface area contributed by atoms with Crippen LogP contribution in [0.3, 0.4) is 0 Å². The molecule has 72 valence electrons. The fraction of sp³-hybridized carbons (Fsp3) is 0.125. The zero-order valence-electron chi connectivity index (χ0n) is 7.15. The molecular weight excluding hydrogens is 224 g/mol. The zero-order chi connectivity index (χ0) is 10.3. The topological polar surface area (TPSA) is 51.4 Å². The number of nitrogens with zero attached hydrogens (tertiary/aromatic N) is 2. The summed E-state index contributed by atoms with van der Waals surface area (Å²) >= 11 is 7.03. The van der Waals surface area contributed by atoms with E-state index in [-0.39, 0.29) is 11.3 Å². The van der Waals surface area contributed by atoms with E-state index in [1.807, 2.05) is 0 Å². The molecule has 0 bridgehead atoms. The molecule has 0 aliphatic heterocycles. The summed E-state index contributed by atoms with van der Waals surface area (Å²) in [6.45, 7) is 1.43. The molecule has 0 saturated carbocycles. The molecule has 2 heterocycles.